The summed E-state index contributed by atoms with van der Waals surface area (Å²) in [5.41, 5.74) is 1.49. The van der Waals surface area contributed by atoms with Crippen molar-refractivity contribution in [2.75, 3.05) is 0 Å². The van der Waals surface area contributed by atoms with Crippen molar-refractivity contribution in [2.45, 2.75) is 103 Å². The molecule has 0 aliphatic carbocycles. The second-order valence-electron chi connectivity index (χ2n) is 8.18. The van der Waals surface area contributed by atoms with Gasteiger partial charge in [0.05, 0.1) is 0 Å². The highest BCUT2D eigenvalue weighted by Crippen LogP contribution is 2.33. The highest BCUT2D eigenvalue weighted by Gasteiger charge is 2.24. The molecule has 0 radical (unpaired) electrons. The fourth-order valence-corrected chi connectivity index (χ4v) is 3.80. The summed E-state index contributed by atoms with van der Waals surface area (Å²) in [6, 6.07) is 11.0. The van der Waals surface area contributed by atoms with E-state index in [1.165, 1.54) is 82.6 Å². The molecule has 0 bridgehead atoms. The number of rotatable bonds is 14. The van der Waals surface area contributed by atoms with Crippen molar-refractivity contribution in [1.29, 1.82) is 0 Å². The Labute approximate surface area is 154 Å². The first-order valence-electron chi connectivity index (χ1n) is 10.4. The fourth-order valence-electron chi connectivity index (χ4n) is 3.51. The largest absolute Gasteiger partial charge is 0.131 e. The third kappa shape index (κ3) is 10.5. The van der Waals surface area contributed by atoms with Crippen LogP contribution in [0.15, 0.2) is 30.3 Å². The van der Waals surface area contributed by atoms with E-state index in [0.29, 0.717) is 5.16 Å². The lowest BCUT2D eigenvalue weighted by molar-refractivity contribution is 0.373. The molecule has 138 valence electrons. The molecule has 0 amide bonds. The highest BCUT2D eigenvalue weighted by molar-refractivity contribution is 7.18. The van der Waals surface area contributed by atoms with E-state index < -0.39 is 0 Å². The zero-order chi connectivity index (χ0) is 17.7. The van der Waals surface area contributed by atoms with Gasteiger partial charge in [0.15, 0.2) is 0 Å². The third-order valence-corrected chi connectivity index (χ3v) is 5.75. The maximum absolute atomic E-state index is 3.09. The molecule has 0 spiro atoms. The minimum absolute atomic E-state index is 0.328. The quantitative estimate of drug-likeness (QED) is 0.237. The Hall–Kier alpha value is -0.350. The van der Waals surface area contributed by atoms with E-state index in [0.717, 1.165) is 5.92 Å². The molecule has 0 aliphatic rings. The summed E-state index contributed by atoms with van der Waals surface area (Å²) in [5, 5.41) is 0.328. The monoisotopic (exact) mass is 348 g/mol. The number of unbranched alkanes of at least 4 members (excludes halogenated alkanes) is 9. The summed E-state index contributed by atoms with van der Waals surface area (Å²) in [5.74, 6) is 0.763. The summed E-state index contributed by atoms with van der Waals surface area (Å²) < 4.78 is 0. The second-order valence-corrected chi connectivity index (χ2v) is 9.67. The van der Waals surface area contributed by atoms with Crippen LogP contribution in [0.4, 0.5) is 0 Å². The average molecular weight is 349 g/mol. The predicted molar refractivity (Wildman–Crippen MR) is 114 cm³/mol. The smallest absolute Gasteiger partial charge is 0.0175 e. The lowest BCUT2D eigenvalue weighted by atomic mass is 9.84. The van der Waals surface area contributed by atoms with Gasteiger partial charge in [-0.05, 0) is 29.5 Å². The summed E-state index contributed by atoms with van der Waals surface area (Å²) in [4.78, 5) is 0. The summed E-state index contributed by atoms with van der Waals surface area (Å²) in [6.45, 7) is 7.05. The maximum atomic E-state index is 3.09. The van der Waals surface area contributed by atoms with Crippen LogP contribution in [0.3, 0.4) is 0 Å². The van der Waals surface area contributed by atoms with Crippen LogP contribution in [0.5, 0.6) is 0 Å². The minimum Gasteiger partial charge on any atom is -0.131 e. The lowest BCUT2D eigenvalue weighted by Crippen LogP contribution is -2.26. The van der Waals surface area contributed by atoms with Crippen LogP contribution in [0.1, 0.15) is 97.0 Å². The molecule has 1 rings (SSSR count). The molecule has 0 aliphatic heterocycles. The molecule has 0 N–H and O–H groups in total. The van der Waals surface area contributed by atoms with Crippen molar-refractivity contribution in [3.63, 3.8) is 0 Å². The van der Waals surface area contributed by atoms with Crippen LogP contribution >= 0.6 is 9.24 Å². The van der Waals surface area contributed by atoms with E-state index in [9.17, 15) is 0 Å². The number of benzene rings is 1. The molecule has 0 aromatic heterocycles. The van der Waals surface area contributed by atoms with E-state index in [4.69, 9.17) is 0 Å². The van der Waals surface area contributed by atoms with Crippen LogP contribution < -0.4 is 0 Å². The van der Waals surface area contributed by atoms with Gasteiger partial charge in [-0.25, -0.2) is 0 Å². The number of hydrogen-bond donors (Lipinski definition) is 0. The van der Waals surface area contributed by atoms with Crippen LogP contribution in [0.2, 0.25) is 0 Å². The molecule has 0 fully saturated rings. The minimum atomic E-state index is 0.328. The Morgan fingerprint density at radius 2 is 1.29 bits per heavy atom. The van der Waals surface area contributed by atoms with Crippen molar-refractivity contribution < 1.29 is 0 Å². The molecular weight excluding hydrogens is 307 g/mol. The van der Waals surface area contributed by atoms with E-state index >= 15 is 0 Å². The van der Waals surface area contributed by atoms with E-state index in [1.807, 2.05) is 0 Å². The molecule has 1 aromatic rings. The molecule has 1 heteroatoms. The van der Waals surface area contributed by atoms with E-state index in [1.54, 1.807) is 0 Å². The fraction of sp³-hybridized carbons (Fsp3) is 0.739. The first-order valence-corrected chi connectivity index (χ1v) is 10.9. The van der Waals surface area contributed by atoms with E-state index in [-0.39, 0.29) is 0 Å². The van der Waals surface area contributed by atoms with Crippen molar-refractivity contribution in [2.24, 2.45) is 5.92 Å². The van der Waals surface area contributed by atoms with Crippen LogP contribution in [0.25, 0.3) is 0 Å². The van der Waals surface area contributed by atoms with Crippen LogP contribution in [-0.4, -0.2) is 5.16 Å². The average Bonchev–Trinajstić information content (AvgIpc) is 2.55. The normalized spacial score (nSPS) is 13.2. The van der Waals surface area contributed by atoms with Gasteiger partial charge in [-0.3, -0.25) is 0 Å². The van der Waals surface area contributed by atoms with Crippen LogP contribution in [0, 0.1) is 5.92 Å². The lowest BCUT2D eigenvalue weighted by Gasteiger charge is -2.31. The molecule has 2 unspecified atom stereocenters. The Balaban J connectivity index is 2.15. The van der Waals surface area contributed by atoms with Crippen molar-refractivity contribution in [3.05, 3.63) is 35.9 Å². The molecule has 1 aromatic carbocycles. The first-order chi connectivity index (χ1) is 11.5. The predicted octanol–water partition coefficient (Wildman–Crippen LogP) is 7.81. The third-order valence-electron chi connectivity index (χ3n) is 5.28. The summed E-state index contributed by atoms with van der Waals surface area (Å²) >= 11 is 0. The first kappa shape index (κ1) is 21.7. The van der Waals surface area contributed by atoms with Gasteiger partial charge in [0.2, 0.25) is 0 Å². The Kier molecular flexibility index (Phi) is 11.7. The second kappa shape index (κ2) is 12.9. The van der Waals surface area contributed by atoms with Crippen molar-refractivity contribution in [3.8, 4) is 0 Å². The van der Waals surface area contributed by atoms with E-state index in [2.05, 4.69) is 60.3 Å². The summed E-state index contributed by atoms with van der Waals surface area (Å²) in [7, 11) is 3.09. The number of hydrogen-bond acceptors (Lipinski definition) is 0. The Morgan fingerprint density at radius 1 is 0.792 bits per heavy atom. The maximum Gasteiger partial charge on any atom is -0.0175 e. The standard InChI is InChI=1S/C23H41P/c1-4-5-6-7-8-9-10-11-12-16-19-22(23(2,3)24)20-21-17-14-13-15-18-21/h13-15,17-18,22H,4-12,16,19-20,24H2,1-3H3. The Morgan fingerprint density at radius 3 is 1.79 bits per heavy atom. The summed E-state index contributed by atoms with van der Waals surface area (Å²) in [6.07, 6.45) is 16.9. The zero-order valence-electron chi connectivity index (χ0n) is 16.5. The zero-order valence-corrected chi connectivity index (χ0v) is 17.7. The molecule has 2 atom stereocenters. The topological polar surface area (TPSA) is 0 Å². The molecule has 24 heavy (non-hydrogen) atoms. The SMILES string of the molecule is CCCCCCCCCCCCC(Cc1ccccc1)C(C)(C)P. The van der Waals surface area contributed by atoms with Crippen molar-refractivity contribution in [1.82, 2.24) is 0 Å². The molecule has 0 nitrogen and oxygen atoms in total. The van der Waals surface area contributed by atoms with Gasteiger partial charge >= 0.3 is 0 Å². The van der Waals surface area contributed by atoms with Crippen molar-refractivity contribution >= 4 is 9.24 Å². The van der Waals surface area contributed by atoms with Gasteiger partial charge in [0, 0.05) is 0 Å². The Bertz CT molecular complexity index is 390. The molecular formula is C23H41P. The van der Waals surface area contributed by atoms with Gasteiger partial charge in [-0.1, -0.05) is 115 Å². The molecule has 0 saturated carbocycles. The van der Waals surface area contributed by atoms with Gasteiger partial charge in [0.1, 0.15) is 0 Å². The molecule has 0 saturated heterocycles. The highest BCUT2D eigenvalue weighted by atomic mass is 31.0. The van der Waals surface area contributed by atoms with Crippen LogP contribution in [-0.2, 0) is 6.42 Å². The van der Waals surface area contributed by atoms with Gasteiger partial charge in [0.25, 0.3) is 0 Å². The van der Waals surface area contributed by atoms with Gasteiger partial charge in [-0.15, -0.1) is 9.24 Å². The van der Waals surface area contributed by atoms with Gasteiger partial charge < -0.3 is 0 Å². The molecule has 0 heterocycles. The van der Waals surface area contributed by atoms with Gasteiger partial charge in [-0.2, -0.15) is 0 Å².